The molecule has 1 heteroatoms. The Bertz CT molecular complexity index is 105. The molecule has 11 heavy (non-hydrogen) atoms. The molecule has 0 spiro atoms. The standard InChI is InChI=1S/C10H18O/c1-2-3-4-5-6-7-8-10-9-11-10/h2,10H,1,3-9H2/t10-/m0/s1. The number of ether oxygens (including phenoxy) is 1. The average molecular weight is 154 g/mol. The molecular weight excluding hydrogens is 136 g/mol. The summed E-state index contributed by atoms with van der Waals surface area (Å²) in [6, 6.07) is 0. The summed E-state index contributed by atoms with van der Waals surface area (Å²) in [6.07, 6.45) is 10.5. The van der Waals surface area contributed by atoms with Gasteiger partial charge in [0.2, 0.25) is 0 Å². The minimum Gasteiger partial charge on any atom is -0.373 e. The first-order valence-electron chi connectivity index (χ1n) is 4.66. The van der Waals surface area contributed by atoms with Crippen molar-refractivity contribution < 1.29 is 4.74 Å². The third-order valence-corrected chi connectivity index (χ3v) is 2.09. The third kappa shape index (κ3) is 5.02. The monoisotopic (exact) mass is 154 g/mol. The number of allylic oxidation sites excluding steroid dienone is 1. The molecule has 0 aliphatic carbocycles. The van der Waals surface area contributed by atoms with Crippen molar-refractivity contribution in [2.24, 2.45) is 0 Å². The zero-order valence-electron chi connectivity index (χ0n) is 7.22. The minimum atomic E-state index is 0.634. The molecule has 1 nitrogen and oxygen atoms in total. The Morgan fingerprint density at radius 3 is 2.64 bits per heavy atom. The van der Waals surface area contributed by atoms with E-state index >= 15 is 0 Å². The van der Waals surface area contributed by atoms with E-state index in [4.69, 9.17) is 4.74 Å². The molecule has 1 rings (SSSR count). The first-order chi connectivity index (χ1) is 5.43. The van der Waals surface area contributed by atoms with Gasteiger partial charge in [0.25, 0.3) is 0 Å². The van der Waals surface area contributed by atoms with E-state index in [-0.39, 0.29) is 0 Å². The van der Waals surface area contributed by atoms with Crippen LogP contribution in [0.1, 0.15) is 38.5 Å². The third-order valence-electron chi connectivity index (χ3n) is 2.09. The maximum absolute atomic E-state index is 5.12. The van der Waals surface area contributed by atoms with Crippen LogP contribution >= 0.6 is 0 Å². The van der Waals surface area contributed by atoms with Crippen LogP contribution in [0.25, 0.3) is 0 Å². The van der Waals surface area contributed by atoms with Gasteiger partial charge in [-0.05, 0) is 19.3 Å². The van der Waals surface area contributed by atoms with Crippen molar-refractivity contribution in [1.29, 1.82) is 0 Å². The van der Waals surface area contributed by atoms with Gasteiger partial charge in [-0.1, -0.05) is 25.3 Å². The molecule has 1 fully saturated rings. The molecule has 0 aromatic carbocycles. The summed E-state index contributed by atoms with van der Waals surface area (Å²) < 4.78 is 5.12. The molecule has 1 aliphatic heterocycles. The molecule has 1 aliphatic rings. The lowest BCUT2D eigenvalue weighted by Crippen LogP contribution is -1.85. The van der Waals surface area contributed by atoms with Gasteiger partial charge < -0.3 is 4.74 Å². The van der Waals surface area contributed by atoms with Crippen LogP contribution in [0.15, 0.2) is 12.7 Å². The first-order valence-corrected chi connectivity index (χ1v) is 4.66. The van der Waals surface area contributed by atoms with E-state index in [1.807, 2.05) is 6.08 Å². The van der Waals surface area contributed by atoms with E-state index in [2.05, 4.69) is 6.58 Å². The smallest absolute Gasteiger partial charge is 0.0810 e. The highest BCUT2D eigenvalue weighted by Gasteiger charge is 2.20. The highest BCUT2D eigenvalue weighted by molar-refractivity contribution is 4.69. The van der Waals surface area contributed by atoms with Gasteiger partial charge in [0.15, 0.2) is 0 Å². The SMILES string of the molecule is C=CCCCCCC[C@H]1CO1. The molecule has 64 valence electrons. The van der Waals surface area contributed by atoms with E-state index in [9.17, 15) is 0 Å². The zero-order valence-corrected chi connectivity index (χ0v) is 7.22. The zero-order chi connectivity index (χ0) is 7.94. The lowest BCUT2D eigenvalue weighted by atomic mass is 10.1. The van der Waals surface area contributed by atoms with Crippen LogP contribution in [0, 0.1) is 0 Å². The Balaban J connectivity index is 1.69. The van der Waals surface area contributed by atoms with Crippen LogP contribution in [0.3, 0.4) is 0 Å². The summed E-state index contributed by atoms with van der Waals surface area (Å²) in [6.45, 7) is 4.72. The summed E-state index contributed by atoms with van der Waals surface area (Å²) in [5.41, 5.74) is 0. The van der Waals surface area contributed by atoms with Gasteiger partial charge in [-0.3, -0.25) is 0 Å². The molecule has 1 atom stereocenters. The van der Waals surface area contributed by atoms with Crippen molar-refractivity contribution >= 4 is 0 Å². The van der Waals surface area contributed by atoms with Crippen LogP contribution in [-0.2, 0) is 4.74 Å². The Hall–Kier alpha value is -0.300. The van der Waals surface area contributed by atoms with Crippen molar-refractivity contribution in [1.82, 2.24) is 0 Å². The summed E-state index contributed by atoms with van der Waals surface area (Å²) in [5.74, 6) is 0. The Kier molecular flexibility index (Phi) is 4.29. The normalized spacial score (nSPS) is 21.6. The largest absolute Gasteiger partial charge is 0.373 e. The van der Waals surface area contributed by atoms with Gasteiger partial charge in [-0.15, -0.1) is 6.58 Å². The van der Waals surface area contributed by atoms with E-state index in [0.29, 0.717) is 6.10 Å². The summed E-state index contributed by atoms with van der Waals surface area (Å²) >= 11 is 0. The van der Waals surface area contributed by atoms with Gasteiger partial charge in [-0.25, -0.2) is 0 Å². The fourth-order valence-electron chi connectivity index (χ4n) is 1.25. The second-order valence-corrected chi connectivity index (χ2v) is 3.24. The number of unbranched alkanes of at least 4 members (excludes halogenated alkanes) is 4. The molecular formula is C10H18O. The number of rotatable bonds is 7. The van der Waals surface area contributed by atoms with E-state index in [1.54, 1.807) is 0 Å². The molecule has 0 amide bonds. The van der Waals surface area contributed by atoms with Crippen LogP contribution in [-0.4, -0.2) is 12.7 Å². The highest BCUT2D eigenvalue weighted by atomic mass is 16.6. The van der Waals surface area contributed by atoms with Crippen molar-refractivity contribution in [3.63, 3.8) is 0 Å². The lowest BCUT2D eigenvalue weighted by Gasteiger charge is -1.96. The maximum Gasteiger partial charge on any atom is 0.0810 e. The summed E-state index contributed by atoms with van der Waals surface area (Å²) in [5, 5.41) is 0. The lowest BCUT2D eigenvalue weighted by molar-refractivity contribution is 0.388. The quantitative estimate of drug-likeness (QED) is 0.312. The number of epoxide rings is 1. The number of hydrogen-bond acceptors (Lipinski definition) is 1. The molecule has 0 N–H and O–H groups in total. The van der Waals surface area contributed by atoms with Gasteiger partial charge in [-0.2, -0.15) is 0 Å². The molecule has 0 aromatic heterocycles. The molecule has 1 heterocycles. The summed E-state index contributed by atoms with van der Waals surface area (Å²) in [4.78, 5) is 0. The predicted molar refractivity (Wildman–Crippen MR) is 47.6 cm³/mol. The van der Waals surface area contributed by atoms with Crippen molar-refractivity contribution in [3.05, 3.63) is 12.7 Å². The molecule has 1 saturated heterocycles. The van der Waals surface area contributed by atoms with Crippen molar-refractivity contribution in [3.8, 4) is 0 Å². The minimum absolute atomic E-state index is 0.634. The topological polar surface area (TPSA) is 12.5 Å². The predicted octanol–water partition coefficient (Wildman–Crippen LogP) is 2.91. The Morgan fingerprint density at radius 2 is 2.00 bits per heavy atom. The number of hydrogen-bond donors (Lipinski definition) is 0. The molecule has 0 bridgehead atoms. The molecule has 0 saturated carbocycles. The Morgan fingerprint density at radius 1 is 1.27 bits per heavy atom. The molecule has 0 aromatic rings. The van der Waals surface area contributed by atoms with Crippen LogP contribution in [0.4, 0.5) is 0 Å². The second-order valence-electron chi connectivity index (χ2n) is 3.24. The molecule has 0 unspecified atom stereocenters. The van der Waals surface area contributed by atoms with Crippen molar-refractivity contribution in [2.45, 2.75) is 44.6 Å². The summed E-state index contributed by atoms with van der Waals surface area (Å²) in [7, 11) is 0. The second kappa shape index (κ2) is 5.36. The average Bonchev–Trinajstić information content (AvgIpc) is 2.80. The van der Waals surface area contributed by atoms with Crippen molar-refractivity contribution in [2.75, 3.05) is 6.61 Å². The fraction of sp³-hybridized carbons (Fsp3) is 0.800. The van der Waals surface area contributed by atoms with E-state index < -0.39 is 0 Å². The highest BCUT2D eigenvalue weighted by Crippen LogP contribution is 2.17. The Labute approximate surface area is 69.4 Å². The van der Waals surface area contributed by atoms with Gasteiger partial charge in [0, 0.05) is 0 Å². The van der Waals surface area contributed by atoms with Crippen LogP contribution < -0.4 is 0 Å². The fourth-order valence-corrected chi connectivity index (χ4v) is 1.25. The van der Waals surface area contributed by atoms with Gasteiger partial charge >= 0.3 is 0 Å². The van der Waals surface area contributed by atoms with Gasteiger partial charge in [0.1, 0.15) is 0 Å². The van der Waals surface area contributed by atoms with E-state index in [0.717, 1.165) is 6.61 Å². The maximum atomic E-state index is 5.12. The molecule has 0 radical (unpaired) electrons. The van der Waals surface area contributed by atoms with Gasteiger partial charge in [0.05, 0.1) is 12.7 Å². The van der Waals surface area contributed by atoms with Crippen LogP contribution in [0.5, 0.6) is 0 Å². The van der Waals surface area contributed by atoms with E-state index in [1.165, 1.54) is 38.5 Å². The first kappa shape index (κ1) is 8.79. The van der Waals surface area contributed by atoms with Crippen LogP contribution in [0.2, 0.25) is 0 Å².